The van der Waals surface area contributed by atoms with Crippen LogP contribution in [-0.4, -0.2) is 15.8 Å². The molecular formula is C16H10BrN3O3S2. The molecule has 2 aromatic heterocycles. The number of hydrogen-bond donors (Lipinski definition) is 1. The molecule has 1 aromatic carbocycles. The Hall–Kier alpha value is -2.36. The molecule has 0 saturated carbocycles. The van der Waals surface area contributed by atoms with Crippen LogP contribution in [0.5, 0.6) is 0 Å². The van der Waals surface area contributed by atoms with Gasteiger partial charge in [-0.05, 0) is 51.1 Å². The lowest BCUT2D eigenvalue weighted by molar-refractivity contribution is -0.384. The zero-order valence-corrected chi connectivity index (χ0v) is 15.7. The number of hydrogen-bond acceptors (Lipinski definition) is 6. The third-order valence-corrected chi connectivity index (χ3v) is 5.37. The first-order valence-corrected chi connectivity index (χ1v) is 9.44. The molecule has 9 heteroatoms. The fourth-order valence-electron chi connectivity index (χ4n) is 2.04. The van der Waals surface area contributed by atoms with Crippen LogP contribution < -0.4 is 5.32 Å². The number of thiophene rings is 1. The molecule has 25 heavy (non-hydrogen) atoms. The first kappa shape index (κ1) is 17.5. The van der Waals surface area contributed by atoms with Gasteiger partial charge in [-0.15, -0.1) is 11.3 Å². The molecule has 3 aromatic rings. The summed E-state index contributed by atoms with van der Waals surface area (Å²) in [7, 11) is 0. The van der Waals surface area contributed by atoms with E-state index in [1.54, 1.807) is 24.4 Å². The molecule has 1 amide bonds. The van der Waals surface area contributed by atoms with E-state index in [2.05, 4.69) is 26.2 Å². The lowest BCUT2D eigenvalue weighted by Crippen LogP contribution is -2.13. The summed E-state index contributed by atoms with van der Waals surface area (Å²) >= 11 is 6.10. The summed E-state index contributed by atoms with van der Waals surface area (Å²) in [5.41, 5.74) is 0.972. The van der Waals surface area contributed by atoms with E-state index >= 15 is 0 Å². The Morgan fingerprint density at radius 1 is 1.28 bits per heavy atom. The van der Waals surface area contributed by atoms with Crippen molar-refractivity contribution in [3.63, 3.8) is 0 Å². The minimum atomic E-state index is -0.473. The van der Waals surface area contributed by atoms with E-state index in [-0.39, 0.29) is 11.6 Å². The summed E-state index contributed by atoms with van der Waals surface area (Å²) in [6, 6.07) is 9.67. The zero-order valence-electron chi connectivity index (χ0n) is 12.5. The summed E-state index contributed by atoms with van der Waals surface area (Å²) < 4.78 is 0.807. The van der Waals surface area contributed by atoms with Crippen molar-refractivity contribution in [3.05, 3.63) is 72.3 Å². The van der Waals surface area contributed by atoms with Crippen molar-refractivity contribution < 1.29 is 9.72 Å². The molecule has 126 valence electrons. The van der Waals surface area contributed by atoms with Gasteiger partial charge in [0.25, 0.3) is 11.6 Å². The van der Waals surface area contributed by atoms with Gasteiger partial charge in [0.15, 0.2) is 5.13 Å². The summed E-state index contributed by atoms with van der Waals surface area (Å²) in [5, 5.41) is 16.0. The van der Waals surface area contributed by atoms with Crippen molar-refractivity contribution >= 4 is 67.0 Å². The number of halogens is 1. The van der Waals surface area contributed by atoms with Gasteiger partial charge in [0, 0.05) is 22.6 Å². The predicted octanol–water partition coefficient (Wildman–Crippen LogP) is 5.05. The number of non-ortho nitro benzene ring substituents is 1. The SMILES string of the molecule is O=C(Nc1ncc(Br)s1)C(=Cc1cccs1)c1ccc([N+](=O)[O-])cc1. The van der Waals surface area contributed by atoms with E-state index in [9.17, 15) is 14.9 Å². The van der Waals surface area contributed by atoms with Crippen molar-refractivity contribution in [1.29, 1.82) is 0 Å². The van der Waals surface area contributed by atoms with Gasteiger partial charge in [-0.1, -0.05) is 17.4 Å². The second-order valence-corrected chi connectivity index (χ2v) is 8.19. The van der Waals surface area contributed by atoms with Crippen molar-refractivity contribution in [2.75, 3.05) is 5.32 Å². The van der Waals surface area contributed by atoms with Crippen LogP contribution >= 0.6 is 38.6 Å². The number of aromatic nitrogens is 1. The first-order valence-electron chi connectivity index (χ1n) is 6.95. The Labute approximate surface area is 159 Å². The number of amides is 1. The summed E-state index contributed by atoms with van der Waals surface area (Å²) in [6.07, 6.45) is 3.36. The van der Waals surface area contributed by atoms with Gasteiger partial charge in [0.1, 0.15) is 0 Å². The second-order valence-electron chi connectivity index (χ2n) is 4.80. The Balaban J connectivity index is 1.94. The molecule has 1 N–H and O–H groups in total. The highest BCUT2D eigenvalue weighted by atomic mass is 79.9. The highest BCUT2D eigenvalue weighted by molar-refractivity contribution is 9.11. The number of rotatable bonds is 5. The molecule has 0 aliphatic rings. The number of carbonyl (C=O) groups excluding carboxylic acids is 1. The highest BCUT2D eigenvalue weighted by Gasteiger charge is 2.16. The number of benzene rings is 1. The van der Waals surface area contributed by atoms with Crippen LogP contribution in [-0.2, 0) is 4.79 Å². The standard InChI is InChI=1S/C16H10BrN3O3S2/c17-14-9-18-16(25-14)19-15(21)13(8-12-2-1-7-24-12)10-3-5-11(6-4-10)20(22)23/h1-9H,(H,18,19,21). The number of thiazole rings is 1. The molecular weight excluding hydrogens is 426 g/mol. The molecule has 0 atom stereocenters. The minimum Gasteiger partial charge on any atom is -0.298 e. The summed E-state index contributed by atoms with van der Waals surface area (Å²) in [6.45, 7) is 0. The van der Waals surface area contributed by atoms with Crippen molar-refractivity contribution in [1.82, 2.24) is 4.98 Å². The van der Waals surface area contributed by atoms with Crippen LogP contribution in [0.25, 0.3) is 11.6 Å². The topological polar surface area (TPSA) is 85.1 Å². The molecule has 3 rings (SSSR count). The lowest BCUT2D eigenvalue weighted by Gasteiger charge is -2.07. The largest absolute Gasteiger partial charge is 0.298 e. The second kappa shape index (κ2) is 7.68. The number of nitro groups is 1. The number of nitrogens with zero attached hydrogens (tertiary/aromatic N) is 2. The molecule has 0 saturated heterocycles. The van der Waals surface area contributed by atoms with Crippen LogP contribution in [0.2, 0.25) is 0 Å². The van der Waals surface area contributed by atoms with Gasteiger partial charge < -0.3 is 0 Å². The first-order chi connectivity index (χ1) is 12.0. The molecule has 0 radical (unpaired) electrons. The molecule has 2 heterocycles. The quantitative estimate of drug-likeness (QED) is 0.344. The molecule has 0 aliphatic carbocycles. The Bertz CT molecular complexity index is 934. The van der Waals surface area contributed by atoms with E-state index in [4.69, 9.17) is 0 Å². The molecule has 0 spiro atoms. The van der Waals surface area contributed by atoms with Crippen LogP contribution in [0.15, 0.2) is 51.8 Å². The fourth-order valence-corrected chi connectivity index (χ4v) is 3.79. The number of carbonyl (C=O) groups is 1. The lowest BCUT2D eigenvalue weighted by atomic mass is 10.0. The maximum absolute atomic E-state index is 12.7. The summed E-state index contributed by atoms with van der Waals surface area (Å²) in [4.78, 5) is 28.1. The van der Waals surface area contributed by atoms with Crippen LogP contribution in [0.1, 0.15) is 10.4 Å². The number of nitrogens with one attached hydrogen (secondary N) is 1. The van der Waals surface area contributed by atoms with Gasteiger partial charge in [-0.2, -0.15) is 0 Å². The smallest absolute Gasteiger partial charge is 0.269 e. The third-order valence-electron chi connectivity index (χ3n) is 3.16. The average Bonchev–Trinajstić information content (AvgIpc) is 3.24. The van der Waals surface area contributed by atoms with Gasteiger partial charge >= 0.3 is 0 Å². The van der Waals surface area contributed by atoms with Crippen LogP contribution in [0.3, 0.4) is 0 Å². The highest BCUT2D eigenvalue weighted by Crippen LogP contribution is 2.27. The Morgan fingerprint density at radius 2 is 2.04 bits per heavy atom. The Morgan fingerprint density at radius 3 is 2.60 bits per heavy atom. The van der Waals surface area contributed by atoms with Crippen molar-refractivity contribution in [3.8, 4) is 0 Å². The molecule has 6 nitrogen and oxygen atoms in total. The van der Waals surface area contributed by atoms with E-state index < -0.39 is 4.92 Å². The van der Waals surface area contributed by atoms with E-state index in [1.807, 2.05) is 17.5 Å². The summed E-state index contributed by atoms with van der Waals surface area (Å²) in [5.74, 6) is -0.330. The Kier molecular flexibility index (Phi) is 5.37. The van der Waals surface area contributed by atoms with Gasteiger partial charge in [0.2, 0.25) is 0 Å². The molecule has 0 unspecified atom stereocenters. The average molecular weight is 436 g/mol. The fraction of sp³-hybridized carbons (Fsp3) is 0. The van der Waals surface area contributed by atoms with Crippen LogP contribution in [0.4, 0.5) is 10.8 Å². The molecule has 0 aliphatic heterocycles. The van der Waals surface area contributed by atoms with Crippen molar-refractivity contribution in [2.24, 2.45) is 0 Å². The van der Waals surface area contributed by atoms with Gasteiger partial charge in [-0.25, -0.2) is 4.98 Å². The molecule has 0 fully saturated rings. The minimum absolute atomic E-state index is 0.0246. The zero-order chi connectivity index (χ0) is 17.8. The predicted molar refractivity (Wildman–Crippen MR) is 104 cm³/mol. The maximum atomic E-state index is 12.7. The molecule has 0 bridgehead atoms. The van der Waals surface area contributed by atoms with Crippen molar-refractivity contribution in [2.45, 2.75) is 0 Å². The van der Waals surface area contributed by atoms with E-state index in [0.29, 0.717) is 16.3 Å². The normalized spacial score (nSPS) is 11.3. The van der Waals surface area contributed by atoms with E-state index in [1.165, 1.54) is 34.8 Å². The third kappa shape index (κ3) is 4.38. The number of nitro benzene ring substituents is 1. The van der Waals surface area contributed by atoms with Gasteiger partial charge in [-0.3, -0.25) is 20.2 Å². The number of anilines is 1. The van der Waals surface area contributed by atoms with Crippen LogP contribution in [0, 0.1) is 10.1 Å². The maximum Gasteiger partial charge on any atom is 0.269 e. The van der Waals surface area contributed by atoms with Gasteiger partial charge in [0.05, 0.1) is 14.9 Å². The monoisotopic (exact) mass is 435 g/mol. The van der Waals surface area contributed by atoms with E-state index in [0.717, 1.165) is 8.66 Å².